The van der Waals surface area contributed by atoms with E-state index in [2.05, 4.69) is 72.5 Å². The van der Waals surface area contributed by atoms with Gasteiger partial charge in [-0.1, -0.05) is 39.8 Å². The Balaban J connectivity index is 1.96. The summed E-state index contributed by atoms with van der Waals surface area (Å²) in [6.45, 7) is 11.5. The lowest BCUT2D eigenvalue weighted by atomic mass is 9.86. The van der Waals surface area contributed by atoms with Gasteiger partial charge in [-0.15, -0.1) is 11.3 Å². The fraction of sp³-hybridized carbons (Fsp3) is 0.556. The summed E-state index contributed by atoms with van der Waals surface area (Å²) >= 11 is 5.50. The summed E-state index contributed by atoms with van der Waals surface area (Å²) < 4.78 is 2.59. The van der Waals surface area contributed by atoms with Crippen molar-refractivity contribution < 1.29 is 0 Å². The van der Waals surface area contributed by atoms with Crippen molar-refractivity contribution in [1.82, 2.24) is 5.32 Å². The van der Waals surface area contributed by atoms with Crippen LogP contribution < -0.4 is 5.32 Å². The van der Waals surface area contributed by atoms with Crippen LogP contribution in [0.25, 0.3) is 10.1 Å². The molecule has 0 spiro atoms. The van der Waals surface area contributed by atoms with Gasteiger partial charge >= 0.3 is 0 Å². The predicted octanol–water partition coefficient (Wildman–Crippen LogP) is 5.87. The molecule has 0 saturated heterocycles. The van der Waals surface area contributed by atoms with Crippen LogP contribution >= 0.6 is 27.3 Å². The van der Waals surface area contributed by atoms with E-state index < -0.39 is 0 Å². The van der Waals surface area contributed by atoms with Gasteiger partial charge in [-0.25, -0.2) is 0 Å². The van der Waals surface area contributed by atoms with Crippen LogP contribution in [0.3, 0.4) is 0 Å². The molecule has 0 fully saturated rings. The van der Waals surface area contributed by atoms with Crippen molar-refractivity contribution >= 4 is 37.4 Å². The zero-order valence-electron chi connectivity index (χ0n) is 13.5. The van der Waals surface area contributed by atoms with Crippen LogP contribution in [0.4, 0.5) is 0 Å². The topological polar surface area (TPSA) is 12.0 Å². The lowest BCUT2D eigenvalue weighted by Gasteiger charge is -2.25. The van der Waals surface area contributed by atoms with Gasteiger partial charge in [0, 0.05) is 15.7 Å². The Morgan fingerprint density at radius 2 is 2.05 bits per heavy atom. The number of nitrogens with one attached hydrogen (secondary N) is 1. The molecule has 0 aliphatic carbocycles. The van der Waals surface area contributed by atoms with E-state index in [1.54, 1.807) is 0 Å². The van der Waals surface area contributed by atoms with Crippen LogP contribution in [-0.4, -0.2) is 13.1 Å². The minimum Gasteiger partial charge on any atom is -0.316 e. The standard InChI is InChI=1S/C18H26BrNS/c1-13(2)10-20-12-18(3,4)9-8-14-11-21-17-15(14)6-5-7-16(17)19/h5-7,11,13,20H,8-10,12H2,1-4H3. The zero-order valence-corrected chi connectivity index (χ0v) is 15.9. The number of rotatable bonds is 7. The molecule has 0 aliphatic rings. The third-order valence-corrected chi connectivity index (χ3v) is 5.86. The molecule has 0 bridgehead atoms. The maximum Gasteiger partial charge on any atom is 0.0487 e. The molecule has 1 N–H and O–H groups in total. The van der Waals surface area contributed by atoms with E-state index in [9.17, 15) is 0 Å². The molecule has 1 aromatic heterocycles. The number of fused-ring (bicyclic) bond motifs is 1. The molecule has 1 nitrogen and oxygen atoms in total. The van der Waals surface area contributed by atoms with Crippen molar-refractivity contribution in [2.45, 2.75) is 40.5 Å². The fourth-order valence-corrected chi connectivity index (χ4v) is 4.19. The van der Waals surface area contributed by atoms with Gasteiger partial charge in [0.25, 0.3) is 0 Å². The Morgan fingerprint density at radius 1 is 1.29 bits per heavy atom. The summed E-state index contributed by atoms with van der Waals surface area (Å²) in [5, 5.41) is 7.34. The Bertz CT molecular complexity index is 586. The molecule has 2 rings (SSSR count). The van der Waals surface area contributed by atoms with Gasteiger partial charge in [-0.05, 0) is 69.0 Å². The van der Waals surface area contributed by atoms with E-state index in [0.717, 1.165) is 25.4 Å². The molecule has 3 heteroatoms. The van der Waals surface area contributed by atoms with E-state index in [4.69, 9.17) is 0 Å². The Kier molecular flexibility index (Phi) is 5.87. The summed E-state index contributed by atoms with van der Waals surface area (Å²) in [5.41, 5.74) is 1.84. The van der Waals surface area contributed by atoms with Crippen LogP contribution in [0, 0.1) is 11.3 Å². The minimum atomic E-state index is 0.342. The molecule has 0 atom stereocenters. The van der Waals surface area contributed by atoms with Crippen LogP contribution in [0.5, 0.6) is 0 Å². The molecule has 0 saturated carbocycles. The van der Waals surface area contributed by atoms with Gasteiger partial charge in [-0.2, -0.15) is 0 Å². The van der Waals surface area contributed by atoms with Crippen LogP contribution in [0.1, 0.15) is 39.7 Å². The molecular weight excluding hydrogens is 342 g/mol. The molecule has 21 heavy (non-hydrogen) atoms. The Morgan fingerprint density at radius 3 is 2.76 bits per heavy atom. The summed E-state index contributed by atoms with van der Waals surface area (Å²) in [6.07, 6.45) is 2.38. The first-order valence-electron chi connectivity index (χ1n) is 7.74. The molecule has 1 aromatic carbocycles. The quantitative estimate of drug-likeness (QED) is 0.645. The molecule has 1 heterocycles. The number of hydrogen-bond acceptors (Lipinski definition) is 2. The predicted molar refractivity (Wildman–Crippen MR) is 99.3 cm³/mol. The van der Waals surface area contributed by atoms with Gasteiger partial charge in [0.2, 0.25) is 0 Å². The lowest BCUT2D eigenvalue weighted by molar-refractivity contribution is 0.309. The van der Waals surface area contributed by atoms with Crippen molar-refractivity contribution in [2.24, 2.45) is 11.3 Å². The lowest BCUT2D eigenvalue weighted by Crippen LogP contribution is -2.32. The van der Waals surface area contributed by atoms with Crippen molar-refractivity contribution in [3.63, 3.8) is 0 Å². The Hall–Kier alpha value is -0.380. The maximum absolute atomic E-state index is 3.65. The summed E-state index contributed by atoms with van der Waals surface area (Å²) in [4.78, 5) is 0. The second-order valence-electron chi connectivity index (χ2n) is 7.07. The molecule has 0 amide bonds. The molecular formula is C18H26BrNS. The van der Waals surface area contributed by atoms with E-state index in [1.807, 2.05) is 11.3 Å². The molecule has 116 valence electrons. The van der Waals surface area contributed by atoms with Crippen molar-refractivity contribution in [2.75, 3.05) is 13.1 Å². The highest BCUT2D eigenvalue weighted by molar-refractivity contribution is 9.10. The highest BCUT2D eigenvalue weighted by atomic mass is 79.9. The summed E-state index contributed by atoms with van der Waals surface area (Å²) in [7, 11) is 0. The normalized spacial score (nSPS) is 12.5. The highest BCUT2D eigenvalue weighted by Gasteiger charge is 2.18. The number of hydrogen-bond donors (Lipinski definition) is 1. The molecule has 0 aliphatic heterocycles. The van der Waals surface area contributed by atoms with Crippen molar-refractivity contribution in [1.29, 1.82) is 0 Å². The monoisotopic (exact) mass is 367 g/mol. The third kappa shape index (κ3) is 4.80. The highest BCUT2D eigenvalue weighted by Crippen LogP contribution is 2.34. The van der Waals surface area contributed by atoms with E-state index in [1.165, 1.54) is 26.5 Å². The average Bonchev–Trinajstić information content (AvgIpc) is 2.80. The minimum absolute atomic E-state index is 0.342. The first kappa shape index (κ1) is 17.0. The average molecular weight is 368 g/mol. The molecule has 0 unspecified atom stereocenters. The van der Waals surface area contributed by atoms with Crippen LogP contribution in [0.2, 0.25) is 0 Å². The number of thiophene rings is 1. The van der Waals surface area contributed by atoms with E-state index >= 15 is 0 Å². The number of benzene rings is 1. The Labute approximate surface area is 141 Å². The van der Waals surface area contributed by atoms with Crippen molar-refractivity contribution in [3.05, 3.63) is 33.6 Å². The third-order valence-electron chi connectivity index (χ3n) is 3.86. The second-order valence-corrected chi connectivity index (χ2v) is 8.80. The zero-order chi connectivity index (χ0) is 15.5. The van der Waals surface area contributed by atoms with Crippen LogP contribution in [0.15, 0.2) is 28.1 Å². The van der Waals surface area contributed by atoms with Gasteiger partial charge in [-0.3, -0.25) is 0 Å². The van der Waals surface area contributed by atoms with Gasteiger partial charge in [0.1, 0.15) is 0 Å². The first-order valence-corrected chi connectivity index (χ1v) is 9.41. The van der Waals surface area contributed by atoms with Gasteiger partial charge in [0.15, 0.2) is 0 Å². The van der Waals surface area contributed by atoms with E-state index in [0.29, 0.717) is 5.41 Å². The largest absolute Gasteiger partial charge is 0.316 e. The number of aryl methyl sites for hydroxylation is 1. The SMILES string of the molecule is CC(C)CNCC(C)(C)CCc1csc2c(Br)cccc12. The van der Waals surface area contributed by atoms with E-state index in [-0.39, 0.29) is 0 Å². The molecule has 0 radical (unpaired) electrons. The van der Waals surface area contributed by atoms with Crippen molar-refractivity contribution in [3.8, 4) is 0 Å². The molecule has 2 aromatic rings. The maximum atomic E-state index is 3.65. The second kappa shape index (κ2) is 7.26. The number of halogens is 1. The summed E-state index contributed by atoms with van der Waals surface area (Å²) in [5.74, 6) is 0.721. The van der Waals surface area contributed by atoms with Crippen LogP contribution in [-0.2, 0) is 6.42 Å². The smallest absolute Gasteiger partial charge is 0.0487 e. The van der Waals surface area contributed by atoms with Gasteiger partial charge < -0.3 is 5.32 Å². The fourth-order valence-electron chi connectivity index (χ4n) is 2.53. The summed E-state index contributed by atoms with van der Waals surface area (Å²) in [6, 6.07) is 6.51. The van der Waals surface area contributed by atoms with Gasteiger partial charge in [0.05, 0.1) is 0 Å². The first-order chi connectivity index (χ1) is 9.89.